The van der Waals surface area contributed by atoms with Crippen molar-refractivity contribution in [2.75, 3.05) is 13.7 Å². The first-order valence-corrected chi connectivity index (χ1v) is 6.76. The van der Waals surface area contributed by atoms with Crippen molar-refractivity contribution < 1.29 is 4.74 Å². The molecule has 100 valence electrons. The van der Waals surface area contributed by atoms with Crippen molar-refractivity contribution in [2.45, 2.75) is 13.5 Å². The molecule has 0 spiro atoms. The van der Waals surface area contributed by atoms with Gasteiger partial charge in [0.05, 0.1) is 7.11 Å². The molecule has 2 aromatic rings. The largest absolute Gasteiger partial charge is 0.496 e. The second kappa shape index (κ2) is 6.60. The molecule has 0 saturated carbocycles. The Balaban J connectivity index is 2.42. The quantitative estimate of drug-likeness (QED) is 0.886. The molecule has 1 N–H and O–H groups in total. The van der Waals surface area contributed by atoms with Gasteiger partial charge in [-0.2, -0.15) is 0 Å². The molecule has 0 bridgehead atoms. The third-order valence-electron chi connectivity index (χ3n) is 3.01. The summed E-state index contributed by atoms with van der Waals surface area (Å²) in [4.78, 5) is 0. The highest BCUT2D eigenvalue weighted by Crippen LogP contribution is 2.35. The minimum Gasteiger partial charge on any atom is -0.496 e. The highest BCUT2D eigenvalue weighted by Gasteiger charge is 2.09. The summed E-state index contributed by atoms with van der Waals surface area (Å²) in [6.45, 7) is 3.89. The van der Waals surface area contributed by atoms with Gasteiger partial charge in [-0.25, -0.2) is 0 Å². The molecule has 0 amide bonds. The first kappa shape index (κ1) is 13.9. The third kappa shape index (κ3) is 3.28. The number of ether oxygens (including phenoxy) is 1. The van der Waals surface area contributed by atoms with Gasteiger partial charge in [-0.1, -0.05) is 42.8 Å². The lowest BCUT2D eigenvalue weighted by molar-refractivity contribution is 0.416. The van der Waals surface area contributed by atoms with Crippen molar-refractivity contribution in [1.29, 1.82) is 0 Å². The lowest BCUT2D eigenvalue weighted by Gasteiger charge is -2.12. The molecular weight excluding hydrogens is 258 g/mol. The van der Waals surface area contributed by atoms with Crippen molar-refractivity contribution in [3.63, 3.8) is 0 Å². The molecule has 0 fully saturated rings. The van der Waals surface area contributed by atoms with Gasteiger partial charge >= 0.3 is 0 Å². The molecule has 19 heavy (non-hydrogen) atoms. The van der Waals surface area contributed by atoms with Crippen LogP contribution in [0.25, 0.3) is 11.1 Å². The molecule has 0 aromatic heterocycles. The zero-order valence-corrected chi connectivity index (χ0v) is 12.0. The van der Waals surface area contributed by atoms with E-state index in [9.17, 15) is 0 Å². The number of halogens is 1. The Hall–Kier alpha value is -1.51. The molecule has 2 nitrogen and oxygen atoms in total. The maximum atomic E-state index is 6.32. The van der Waals surface area contributed by atoms with Crippen molar-refractivity contribution in [1.82, 2.24) is 5.32 Å². The van der Waals surface area contributed by atoms with E-state index >= 15 is 0 Å². The van der Waals surface area contributed by atoms with Gasteiger partial charge in [0, 0.05) is 22.7 Å². The Kier molecular flexibility index (Phi) is 4.83. The highest BCUT2D eigenvalue weighted by atomic mass is 35.5. The summed E-state index contributed by atoms with van der Waals surface area (Å²) in [6, 6.07) is 14.0. The monoisotopic (exact) mass is 275 g/mol. The average Bonchev–Trinajstić information content (AvgIpc) is 2.46. The lowest BCUT2D eigenvalue weighted by Crippen LogP contribution is -2.11. The van der Waals surface area contributed by atoms with Crippen molar-refractivity contribution in [2.24, 2.45) is 0 Å². The number of hydrogen-bond acceptors (Lipinski definition) is 2. The van der Waals surface area contributed by atoms with Crippen LogP contribution in [0, 0.1) is 0 Å². The van der Waals surface area contributed by atoms with Gasteiger partial charge in [0.15, 0.2) is 0 Å². The molecule has 0 aliphatic rings. The summed E-state index contributed by atoms with van der Waals surface area (Å²) in [5.74, 6) is 0.838. The van der Waals surface area contributed by atoms with E-state index in [2.05, 4.69) is 18.3 Å². The van der Waals surface area contributed by atoms with Gasteiger partial charge in [0.2, 0.25) is 0 Å². The second-order valence-electron chi connectivity index (χ2n) is 4.29. The van der Waals surface area contributed by atoms with Gasteiger partial charge < -0.3 is 10.1 Å². The van der Waals surface area contributed by atoms with E-state index in [1.807, 2.05) is 36.4 Å². The standard InChI is InChI=1S/C16H18ClNO/c1-3-18-11-12-8-9-15(17)14(10-12)13-6-4-5-7-16(13)19-2/h4-10,18H,3,11H2,1-2H3. The maximum Gasteiger partial charge on any atom is 0.126 e. The maximum absolute atomic E-state index is 6.32. The summed E-state index contributed by atoms with van der Waals surface area (Å²) in [6.07, 6.45) is 0. The minimum absolute atomic E-state index is 0.741. The first-order chi connectivity index (χ1) is 9.26. The SMILES string of the molecule is CCNCc1ccc(Cl)c(-c2ccccc2OC)c1. The fourth-order valence-corrected chi connectivity index (χ4v) is 2.24. The van der Waals surface area contributed by atoms with E-state index in [0.29, 0.717) is 0 Å². The van der Waals surface area contributed by atoms with Crippen LogP contribution in [0.3, 0.4) is 0 Å². The third-order valence-corrected chi connectivity index (χ3v) is 3.34. The molecule has 0 heterocycles. The Bertz CT molecular complexity index is 554. The highest BCUT2D eigenvalue weighted by molar-refractivity contribution is 6.33. The fraction of sp³-hybridized carbons (Fsp3) is 0.250. The molecule has 0 unspecified atom stereocenters. The molecular formula is C16H18ClNO. The molecule has 0 saturated heterocycles. The van der Waals surface area contributed by atoms with Crippen molar-refractivity contribution >= 4 is 11.6 Å². The van der Waals surface area contributed by atoms with Crippen LogP contribution in [0.5, 0.6) is 5.75 Å². The van der Waals surface area contributed by atoms with Crippen molar-refractivity contribution in [3.05, 3.63) is 53.1 Å². The smallest absolute Gasteiger partial charge is 0.126 e. The summed E-state index contributed by atoms with van der Waals surface area (Å²) in [5.41, 5.74) is 3.25. The Morgan fingerprint density at radius 3 is 2.63 bits per heavy atom. The van der Waals surface area contributed by atoms with Crippen LogP contribution >= 0.6 is 11.6 Å². The molecule has 0 atom stereocenters. The van der Waals surface area contributed by atoms with Crippen LogP contribution in [-0.2, 0) is 6.54 Å². The normalized spacial score (nSPS) is 10.5. The van der Waals surface area contributed by atoms with E-state index in [1.165, 1.54) is 5.56 Å². The number of nitrogens with one attached hydrogen (secondary N) is 1. The van der Waals surface area contributed by atoms with E-state index < -0.39 is 0 Å². The number of benzene rings is 2. The van der Waals surface area contributed by atoms with Crippen LogP contribution < -0.4 is 10.1 Å². The number of methoxy groups -OCH3 is 1. The zero-order chi connectivity index (χ0) is 13.7. The molecule has 3 heteroatoms. The first-order valence-electron chi connectivity index (χ1n) is 6.38. The summed E-state index contributed by atoms with van der Waals surface area (Å²) in [7, 11) is 1.68. The summed E-state index contributed by atoms with van der Waals surface area (Å²) >= 11 is 6.32. The van der Waals surface area contributed by atoms with Crippen LogP contribution in [0.1, 0.15) is 12.5 Å². The summed E-state index contributed by atoms with van der Waals surface area (Å²) in [5, 5.41) is 4.06. The number of hydrogen-bond donors (Lipinski definition) is 1. The second-order valence-corrected chi connectivity index (χ2v) is 4.70. The Morgan fingerprint density at radius 1 is 1.11 bits per heavy atom. The minimum atomic E-state index is 0.741. The van der Waals surface area contributed by atoms with Gasteiger partial charge in [-0.3, -0.25) is 0 Å². The van der Waals surface area contributed by atoms with Crippen LogP contribution in [0.2, 0.25) is 5.02 Å². The molecule has 0 aliphatic carbocycles. The van der Waals surface area contributed by atoms with E-state index in [-0.39, 0.29) is 0 Å². The fourth-order valence-electron chi connectivity index (χ4n) is 2.03. The topological polar surface area (TPSA) is 21.3 Å². The Morgan fingerprint density at radius 2 is 1.89 bits per heavy atom. The van der Waals surface area contributed by atoms with Gasteiger partial charge in [-0.05, 0) is 30.3 Å². The van der Waals surface area contributed by atoms with E-state index in [0.717, 1.165) is 35.0 Å². The molecule has 0 aliphatic heterocycles. The molecule has 2 aromatic carbocycles. The van der Waals surface area contributed by atoms with Gasteiger partial charge in [-0.15, -0.1) is 0 Å². The predicted molar refractivity (Wildman–Crippen MR) is 80.8 cm³/mol. The molecule has 0 radical (unpaired) electrons. The van der Waals surface area contributed by atoms with Crippen molar-refractivity contribution in [3.8, 4) is 16.9 Å². The number of rotatable bonds is 5. The van der Waals surface area contributed by atoms with Gasteiger partial charge in [0.25, 0.3) is 0 Å². The molecule has 2 rings (SSSR count). The van der Waals surface area contributed by atoms with E-state index in [4.69, 9.17) is 16.3 Å². The lowest BCUT2D eigenvalue weighted by atomic mass is 10.0. The average molecular weight is 276 g/mol. The Labute approximate surface area is 119 Å². The predicted octanol–water partition coefficient (Wildman–Crippen LogP) is 4.13. The van der Waals surface area contributed by atoms with Gasteiger partial charge in [0.1, 0.15) is 5.75 Å². The van der Waals surface area contributed by atoms with Crippen LogP contribution in [0.15, 0.2) is 42.5 Å². The zero-order valence-electron chi connectivity index (χ0n) is 11.2. The van der Waals surface area contributed by atoms with Crippen LogP contribution in [-0.4, -0.2) is 13.7 Å². The van der Waals surface area contributed by atoms with Crippen LogP contribution in [0.4, 0.5) is 0 Å². The summed E-state index contributed by atoms with van der Waals surface area (Å²) < 4.78 is 5.40. The number of para-hydroxylation sites is 1. The van der Waals surface area contributed by atoms with E-state index in [1.54, 1.807) is 7.11 Å².